The van der Waals surface area contributed by atoms with E-state index in [1.54, 1.807) is 12.3 Å². The monoisotopic (exact) mass is 247 g/mol. The Labute approximate surface area is 104 Å². The first-order valence-electron chi connectivity index (χ1n) is 5.49. The highest BCUT2D eigenvalue weighted by molar-refractivity contribution is 5.95. The number of amides is 1. The largest absolute Gasteiger partial charge is 0.508 e. The van der Waals surface area contributed by atoms with E-state index in [-0.39, 0.29) is 23.0 Å². The average Bonchev–Trinajstić information content (AvgIpc) is 2.80. The molecule has 0 saturated carbocycles. The van der Waals surface area contributed by atoms with Crippen molar-refractivity contribution in [3.8, 4) is 11.5 Å². The molecule has 0 aliphatic rings. The van der Waals surface area contributed by atoms with Crippen LogP contribution in [-0.4, -0.2) is 22.7 Å². The molecule has 0 aliphatic heterocycles. The normalized spacial score (nSPS) is 10.2. The quantitative estimate of drug-likeness (QED) is 0.767. The summed E-state index contributed by atoms with van der Waals surface area (Å²) in [5.74, 6) is 0.138. The van der Waals surface area contributed by atoms with Crippen molar-refractivity contribution in [1.82, 2.24) is 5.32 Å². The third-order valence-electron chi connectivity index (χ3n) is 2.40. The zero-order valence-corrected chi connectivity index (χ0v) is 9.59. The summed E-state index contributed by atoms with van der Waals surface area (Å²) in [6.45, 7) is 0.419. The molecule has 0 fully saturated rings. The van der Waals surface area contributed by atoms with Crippen molar-refractivity contribution in [2.24, 2.45) is 0 Å². The van der Waals surface area contributed by atoms with Crippen LogP contribution >= 0.6 is 0 Å². The van der Waals surface area contributed by atoms with Crippen LogP contribution in [0.3, 0.4) is 0 Å². The van der Waals surface area contributed by atoms with Crippen LogP contribution in [0.5, 0.6) is 11.5 Å². The molecular formula is C13H13NO4. The van der Waals surface area contributed by atoms with Gasteiger partial charge in [0.2, 0.25) is 0 Å². The molecule has 18 heavy (non-hydrogen) atoms. The van der Waals surface area contributed by atoms with Gasteiger partial charge in [0.1, 0.15) is 17.3 Å². The summed E-state index contributed by atoms with van der Waals surface area (Å²) in [5.41, 5.74) is 0.215. The SMILES string of the molecule is O=C(NCCc1ccco1)c1cc(O)cc(O)c1. The van der Waals surface area contributed by atoms with Crippen molar-refractivity contribution in [1.29, 1.82) is 0 Å². The predicted octanol–water partition coefficient (Wildman–Crippen LogP) is 1.66. The minimum atomic E-state index is -0.354. The molecule has 3 N–H and O–H groups in total. The van der Waals surface area contributed by atoms with Crippen LogP contribution in [0, 0.1) is 0 Å². The van der Waals surface area contributed by atoms with Crippen molar-refractivity contribution in [2.75, 3.05) is 6.54 Å². The second kappa shape index (κ2) is 5.27. The number of phenols is 2. The van der Waals surface area contributed by atoms with Crippen LogP contribution in [0.1, 0.15) is 16.1 Å². The van der Waals surface area contributed by atoms with E-state index >= 15 is 0 Å². The van der Waals surface area contributed by atoms with E-state index in [1.165, 1.54) is 18.2 Å². The lowest BCUT2D eigenvalue weighted by atomic mass is 10.2. The van der Waals surface area contributed by atoms with Crippen molar-refractivity contribution in [2.45, 2.75) is 6.42 Å². The Hall–Kier alpha value is -2.43. The highest BCUT2D eigenvalue weighted by Gasteiger charge is 2.08. The summed E-state index contributed by atoms with van der Waals surface area (Å²) in [7, 11) is 0. The highest BCUT2D eigenvalue weighted by atomic mass is 16.3. The number of phenolic OH excluding ortho intramolecular Hbond substituents is 2. The zero-order chi connectivity index (χ0) is 13.0. The van der Waals surface area contributed by atoms with Gasteiger partial charge >= 0.3 is 0 Å². The number of carbonyl (C=O) groups excluding carboxylic acids is 1. The van der Waals surface area contributed by atoms with Crippen molar-refractivity contribution in [3.05, 3.63) is 47.9 Å². The number of nitrogens with one attached hydrogen (secondary N) is 1. The molecule has 0 bridgehead atoms. The molecule has 0 radical (unpaired) electrons. The van der Waals surface area contributed by atoms with Gasteiger partial charge in [0, 0.05) is 24.6 Å². The molecular weight excluding hydrogens is 234 g/mol. The minimum Gasteiger partial charge on any atom is -0.508 e. The van der Waals surface area contributed by atoms with E-state index in [0.29, 0.717) is 13.0 Å². The van der Waals surface area contributed by atoms with Gasteiger partial charge in [-0.1, -0.05) is 0 Å². The Kier molecular flexibility index (Phi) is 3.52. The lowest BCUT2D eigenvalue weighted by molar-refractivity contribution is 0.0953. The number of hydrogen-bond donors (Lipinski definition) is 3. The first kappa shape index (κ1) is 12.0. The molecule has 94 valence electrons. The van der Waals surface area contributed by atoms with Gasteiger partial charge in [-0.2, -0.15) is 0 Å². The number of aromatic hydroxyl groups is 2. The van der Waals surface area contributed by atoms with E-state index in [9.17, 15) is 15.0 Å². The van der Waals surface area contributed by atoms with Crippen LogP contribution in [-0.2, 0) is 6.42 Å². The minimum absolute atomic E-state index is 0.147. The maximum atomic E-state index is 11.7. The van der Waals surface area contributed by atoms with Gasteiger partial charge in [0.25, 0.3) is 5.91 Å². The molecule has 5 nitrogen and oxygen atoms in total. The van der Waals surface area contributed by atoms with Gasteiger partial charge in [0.05, 0.1) is 6.26 Å². The predicted molar refractivity (Wildman–Crippen MR) is 64.5 cm³/mol. The fourth-order valence-electron chi connectivity index (χ4n) is 1.58. The standard InChI is InChI=1S/C13H13NO4/c15-10-6-9(7-11(16)8-10)13(17)14-4-3-12-2-1-5-18-12/h1-2,5-8,15-16H,3-4H2,(H,14,17). The molecule has 1 amide bonds. The summed E-state index contributed by atoms with van der Waals surface area (Å²) in [4.78, 5) is 11.7. The van der Waals surface area contributed by atoms with E-state index in [1.807, 2.05) is 6.07 Å². The summed E-state index contributed by atoms with van der Waals surface area (Å²) in [5, 5.41) is 21.2. The Morgan fingerprint density at radius 3 is 2.56 bits per heavy atom. The van der Waals surface area contributed by atoms with Crippen LogP contribution < -0.4 is 5.32 Å². The highest BCUT2D eigenvalue weighted by Crippen LogP contribution is 2.20. The van der Waals surface area contributed by atoms with E-state index in [2.05, 4.69) is 5.32 Å². The summed E-state index contributed by atoms with van der Waals surface area (Å²) >= 11 is 0. The number of benzene rings is 1. The number of rotatable bonds is 4. The lowest BCUT2D eigenvalue weighted by Crippen LogP contribution is -2.25. The van der Waals surface area contributed by atoms with Gasteiger partial charge in [-0.25, -0.2) is 0 Å². The van der Waals surface area contributed by atoms with Gasteiger partial charge in [0.15, 0.2) is 0 Å². The molecule has 0 saturated heterocycles. The maximum Gasteiger partial charge on any atom is 0.251 e. The lowest BCUT2D eigenvalue weighted by Gasteiger charge is -2.05. The molecule has 5 heteroatoms. The molecule has 2 rings (SSSR count). The molecule has 0 aliphatic carbocycles. The van der Waals surface area contributed by atoms with Gasteiger partial charge in [-0.3, -0.25) is 4.79 Å². The molecule has 1 aromatic heterocycles. The smallest absolute Gasteiger partial charge is 0.251 e. The molecule has 0 unspecified atom stereocenters. The zero-order valence-electron chi connectivity index (χ0n) is 9.59. The first-order valence-corrected chi connectivity index (χ1v) is 5.49. The van der Waals surface area contributed by atoms with Crippen LogP contribution in [0.2, 0.25) is 0 Å². The first-order chi connectivity index (χ1) is 8.65. The summed E-state index contributed by atoms with van der Waals surface area (Å²) < 4.78 is 5.13. The van der Waals surface area contributed by atoms with Crippen LogP contribution in [0.15, 0.2) is 41.0 Å². The van der Waals surface area contributed by atoms with E-state index in [4.69, 9.17) is 4.42 Å². The Morgan fingerprint density at radius 2 is 1.94 bits per heavy atom. The number of carbonyl (C=O) groups is 1. The fraction of sp³-hybridized carbons (Fsp3) is 0.154. The summed E-state index contributed by atoms with van der Waals surface area (Å²) in [6, 6.07) is 7.36. The fourth-order valence-corrected chi connectivity index (χ4v) is 1.58. The Morgan fingerprint density at radius 1 is 1.22 bits per heavy atom. The van der Waals surface area contributed by atoms with Crippen LogP contribution in [0.25, 0.3) is 0 Å². The molecule has 2 aromatic rings. The number of hydrogen-bond acceptors (Lipinski definition) is 4. The molecule has 1 aromatic carbocycles. The van der Waals surface area contributed by atoms with E-state index in [0.717, 1.165) is 5.76 Å². The van der Waals surface area contributed by atoms with Crippen molar-refractivity contribution < 1.29 is 19.4 Å². The van der Waals surface area contributed by atoms with Gasteiger partial charge in [-0.05, 0) is 24.3 Å². The summed E-state index contributed by atoms with van der Waals surface area (Å²) in [6.07, 6.45) is 2.16. The third kappa shape index (κ3) is 3.04. The topological polar surface area (TPSA) is 82.7 Å². The average molecular weight is 247 g/mol. The van der Waals surface area contributed by atoms with E-state index < -0.39 is 0 Å². The van der Waals surface area contributed by atoms with Crippen molar-refractivity contribution >= 4 is 5.91 Å². The van der Waals surface area contributed by atoms with Gasteiger partial charge in [-0.15, -0.1) is 0 Å². The third-order valence-corrected chi connectivity index (χ3v) is 2.40. The number of furan rings is 1. The second-order valence-electron chi connectivity index (χ2n) is 3.82. The molecule has 0 atom stereocenters. The maximum absolute atomic E-state index is 11.7. The molecule has 1 heterocycles. The van der Waals surface area contributed by atoms with Crippen molar-refractivity contribution in [3.63, 3.8) is 0 Å². The Bertz CT molecular complexity index is 514. The second-order valence-corrected chi connectivity index (χ2v) is 3.82. The van der Waals surface area contributed by atoms with Crippen LogP contribution in [0.4, 0.5) is 0 Å². The molecule has 0 spiro atoms. The van der Waals surface area contributed by atoms with Gasteiger partial charge < -0.3 is 19.9 Å². The Balaban J connectivity index is 1.91.